The second kappa shape index (κ2) is 4.97. The minimum Gasteiger partial charge on any atom is -0.361 e. The number of hydrogen-bond donors (Lipinski definition) is 0. The summed E-state index contributed by atoms with van der Waals surface area (Å²) in [6, 6.07) is 0.700. The molecule has 0 N–H and O–H groups in total. The van der Waals surface area contributed by atoms with Crippen LogP contribution in [0, 0.1) is 6.92 Å². The van der Waals surface area contributed by atoms with Crippen LogP contribution in [0.1, 0.15) is 24.2 Å². The van der Waals surface area contributed by atoms with E-state index < -0.39 is 0 Å². The molecule has 2 heterocycles. The third-order valence-corrected chi connectivity index (χ3v) is 3.58. The van der Waals surface area contributed by atoms with E-state index in [-0.39, 0.29) is 0 Å². The fourth-order valence-corrected chi connectivity index (χ4v) is 2.30. The minimum absolute atomic E-state index is 0.700. The molecule has 4 nitrogen and oxygen atoms in total. The molecule has 0 radical (unpaired) electrons. The first kappa shape index (κ1) is 11.6. The number of hydrogen-bond acceptors (Lipinski definition) is 4. The Morgan fingerprint density at radius 3 is 2.75 bits per heavy atom. The van der Waals surface area contributed by atoms with Gasteiger partial charge in [-0.25, -0.2) is 0 Å². The number of piperidine rings is 1. The summed E-state index contributed by atoms with van der Waals surface area (Å²) in [5.74, 6) is 0.944. The Morgan fingerprint density at radius 1 is 1.50 bits per heavy atom. The average molecular weight is 223 g/mol. The lowest BCUT2D eigenvalue weighted by atomic mass is 10.0. The Morgan fingerprint density at radius 2 is 2.19 bits per heavy atom. The van der Waals surface area contributed by atoms with Gasteiger partial charge in [-0.15, -0.1) is 0 Å². The molecule has 1 saturated heterocycles. The predicted octanol–water partition coefficient (Wildman–Crippen LogP) is 1.51. The Balaban J connectivity index is 1.88. The van der Waals surface area contributed by atoms with Gasteiger partial charge in [0.05, 0.1) is 6.20 Å². The molecule has 4 heteroatoms. The molecule has 1 aliphatic rings. The van der Waals surface area contributed by atoms with Gasteiger partial charge in [0.25, 0.3) is 0 Å². The molecule has 0 saturated carbocycles. The van der Waals surface area contributed by atoms with E-state index in [4.69, 9.17) is 4.52 Å². The molecule has 90 valence electrons. The van der Waals surface area contributed by atoms with Crippen LogP contribution < -0.4 is 0 Å². The van der Waals surface area contributed by atoms with E-state index in [0.29, 0.717) is 6.04 Å². The van der Waals surface area contributed by atoms with E-state index in [1.165, 1.54) is 31.5 Å². The van der Waals surface area contributed by atoms with Crippen LogP contribution in [-0.4, -0.2) is 48.2 Å². The molecule has 1 aliphatic heterocycles. The molecule has 0 spiro atoms. The van der Waals surface area contributed by atoms with E-state index in [9.17, 15) is 0 Å². The number of aromatic nitrogens is 1. The summed E-state index contributed by atoms with van der Waals surface area (Å²) in [6.45, 7) is 5.34. The van der Waals surface area contributed by atoms with Gasteiger partial charge in [0.1, 0.15) is 5.76 Å². The van der Waals surface area contributed by atoms with Crippen molar-refractivity contribution in [2.24, 2.45) is 0 Å². The third kappa shape index (κ3) is 2.62. The van der Waals surface area contributed by atoms with Crippen molar-refractivity contribution in [2.75, 3.05) is 27.2 Å². The fraction of sp³-hybridized carbons (Fsp3) is 0.750. The van der Waals surface area contributed by atoms with Crippen LogP contribution in [0.15, 0.2) is 10.7 Å². The van der Waals surface area contributed by atoms with Crippen molar-refractivity contribution in [1.82, 2.24) is 15.0 Å². The first-order valence-electron chi connectivity index (χ1n) is 5.95. The van der Waals surface area contributed by atoms with E-state index in [1.54, 1.807) is 0 Å². The second-order valence-corrected chi connectivity index (χ2v) is 4.86. The van der Waals surface area contributed by atoms with Crippen molar-refractivity contribution in [3.63, 3.8) is 0 Å². The highest BCUT2D eigenvalue weighted by Crippen LogP contribution is 2.17. The normalized spacial score (nSPS) is 19.5. The summed E-state index contributed by atoms with van der Waals surface area (Å²) < 4.78 is 5.08. The average Bonchev–Trinajstić information content (AvgIpc) is 2.65. The summed E-state index contributed by atoms with van der Waals surface area (Å²) in [4.78, 5) is 4.82. The van der Waals surface area contributed by atoms with Gasteiger partial charge in [-0.3, -0.25) is 4.90 Å². The van der Waals surface area contributed by atoms with E-state index >= 15 is 0 Å². The van der Waals surface area contributed by atoms with Gasteiger partial charge in [-0.1, -0.05) is 5.16 Å². The molecule has 1 aromatic heterocycles. The zero-order chi connectivity index (χ0) is 11.5. The first-order valence-corrected chi connectivity index (χ1v) is 5.95. The lowest BCUT2D eigenvalue weighted by Gasteiger charge is -2.34. The largest absolute Gasteiger partial charge is 0.361 e. The van der Waals surface area contributed by atoms with E-state index in [1.807, 2.05) is 13.1 Å². The topological polar surface area (TPSA) is 32.5 Å². The van der Waals surface area contributed by atoms with Crippen molar-refractivity contribution >= 4 is 0 Å². The van der Waals surface area contributed by atoms with Crippen LogP contribution in [0.2, 0.25) is 0 Å². The molecule has 1 aromatic rings. The van der Waals surface area contributed by atoms with Gasteiger partial charge in [0, 0.05) is 18.2 Å². The van der Waals surface area contributed by atoms with Crippen LogP contribution >= 0.6 is 0 Å². The SMILES string of the molecule is Cc1oncc1CN(C)C1CCN(C)CC1. The van der Waals surface area contributed by atoms with Crippen LogP contribution in [0.4, 0.5) is 0 Å². The van der Waals surface area contributed by atoms with Gasteiger partial charge >= 0.3 is 0 Å². The number of nitrogens with zero attached hydrogens (tertiary/aromatic N) is 3. The molecule has 2 rings (SSSR count). The predicted molar refractivity (Wildman–Crippen MR) is 63.2 cm³/mol. The molecular formula is C12H21N3O. The van der Waals surface area contributed by atoms with Crippen LogP contribution in [-0.2, 0) is 6.54 Å². The molecule has 0 aromatic carbocycles. The van der Waals surface area contributed by atoms with Gasteiger partial charge in [0.2, 0.25) is 0 Å². The summed E-state index contributed by atoms with van der Waals surface area (Å²) in [5, 5.41) is 3.82. The third-order valence-electron chi connectivity index (χ3n) is 3.58. The van der Waals surface area contributed by atoms with Crippen LogP contribution in [0.25, 0.3) is 0 Å². The fourth-order valence-electron chi connectivity index (χ4n) is 2.30. The lowest BCUT2D eigenvalue weighted by molar-refractivity contribution is 0.139. The van der Waals surface area contributed by atoms with Crippen molar-refractivity contribution in [3.8, 4) is 0 Å². The first-order chi connectivity index (χ1) is 7.66. The minimum atomic E-state index is 0.700. The smallest absolute Gasteiger partial charge is 0.138 e. The summed E-state index contributed by atoms with van der Waals surface area (Å²) in [6.07, 6.45) is 4.36. The maximum absolute atomic E-state index is 5.08. The van der Waals surface area contributed by atoms with Crippen molar-refractivity contribution < 1.29 is 4.52 Å². The maximum Gasteiger partial charge on any atom is 0.138 e. The van der Waals surface area contributed by atoms with Crippen molar-refractivity contribution in [3.05, 3.63) is 17.5 Å². The maximum atomic E-state index is 5.08. The van der Waals surface area contributed by atoms with Gasteiger partial charge in [-0.2, -0.15) is 0 Å². The van der Waals surface area contributed by atoms with Crippen LogP contribution in [0.3, 0.4) is 0 Å². The highest BCUT2D eigenvalue weighted by Gasteiger charge is 2.21. The van der Waals surface area contributed by atoms with Crippen molar-refractivity contribution in [2.45, 2.75) is 32.4 Å². The molecule has 1 fully saturated rings. The molecular weight excluding hydrogens is 202 g/mol. The van der Waals surface area contributed by atoms with Crippen molar-refractivity contribution in [1.29, 1.82) is 0 Å². The lowest BCUT2D eigenvalue weighted by Crippen LogP contribution is -2.41. The zero-order valence-electron chi connectivity index (χ0n) is 10.4. The highest BCUT2D eigenvalue weighted by atomic mass is 16.5. The number of aryl methyl sites for hydroxylation is 1. The molecule has 16 heavy (non-hydrogen) atoms. The Kier molecular flexibility index (Phi) is 3.61. The highest BCUT2D eigenvalue weighted by molar-refractivity contribution is 5.11. The van der Waals surface area contributed by atoms with E-state index in [0.717, 1.165) is 12.3 Å². The molecule has 0 bridgehead atoms. The Hall–Kier alpha value is -0.870. The summed E-state index contributed by atoms with van der Waals surface area (Å²) >= 11 is 0. The van der Waals surface area contributed by atoms with Gasteiger partial charge < -0.3 is 9.42 Å². The quantitative estimate of drug-likeness (QED) is 0.777. The van der Waals surface area contributed by atoms with Gasteiger partial charge in [-0.05, 0) is 47.0 Å². The molecule has 0 amide bonds. The molecule has 0 atom stereocenters. The monoisotopic (exact) mass is 223 g/mol. The van der Waals surface area contributed by atoms with Gasteiger partial charge in [0.15, 0.2) is 0 Å². The second-order valence-electron chi connectivity index (χ2n) is 4.86. The number of rotatable bonds is 3. The molecule has 0 aliphatic carbocycles. The Bertz CT molecular complexity index is 329. The molecule has 0 unspecified atom stereocenters. The summed E-state index contributed by atoms with van der Waals surface area (Å²) in [7, 11) is 4.39. The van der Waals surface area contributed by atoms with E-state index in [2.05, 4.69) is 29.1 Å². The number of likely N-dealkylation sites (tertiary alicyclic amines) is 1. The van der Waals surface area contributed by atoms with Crippen LogP contribution in [0.5, 0.6) is 0 Å². The standard InChI is InChI=1S/C12H21N3O/c1-10-11(8-13-16-10)9-15(3)12-4-6-14(2)7-5-12/h8,12H,4-7,9H2,1-3H3. The Labute approximate surface area is 97.2 Å². The zero-order valence-corrected chi connectivity index (χ0v) is 10.4. The summed E-state index contributed by atoms with van der Waals surface area (Å²) in [5.41, 5.74) is 1.21.